The molecule has 0 unspecified atom stereocenters. The summed E-state index contributed by atoms with van der Waals surface area (Å²) >= 11 is 0. The second-order valence-electron chi connectivity index (χ2n) is 3.73. The lowest BCUT2D eigenvalue weighted by Crippen LogP contribution is -1.95. The van der Waals surface area contributed by atoms with E-state index in [4.69, 9.17) is 0 Å². The summed E-state index contributed by atoms with van der Waals surface area (Å²) in [5.74, 6) is 0.0628. The monoisotopic (exact) mass is 239 g/mol. The number of hydrogen-bond acceptors (Lipinski definition) is 3. The van der Waals surface area contributed by atoms with Crippen LogP contribution in [0, 0.1) is 0 Å². The van der Waals surface area contributed by atoms with E-state index in [9.17, 15) is 9.90 Å². The highest BCUT2D eigenvalue weighted by Crippen LogP contribution is 2.21. The topological polar surface area (TPSA) is 49.3 Å². The van der Waals surface area contributed by atoms with Gasteiger partial charge in [0.15, 0.2) is 5.78 Å². The molecular weight excluding hydrogens is 226 g/mol. The van der Waals surface area contributed by atoms with Gasteiger partial charge < -0.3 is 10.4 Å². The molecule has 3 heteroatoms. The number of phenols is 1. The van der Waals surface area contributed by atoms with E-state index >= 15 is 0 Å². The number of hydrogen-bond donors (Lipinski definition) is 2. The molecule has 0 bridgehead atoms. The Hall–Kier alpha value is -2.55. The van der Waals surface area contributed by atoms with E-state index in [0.717, 1.165) is 0 Å². The summed E-state index contributed by atoms with van der Waals surface area (Å²) in [6, 6.07) is 15.9. The Morgan fingerprint density at radius 1 is 1.00 bits per heavy atom. The van der Waals surface area contributed by atoms with E-state index in [0.29, 0.717) is 11.3 Å². The van der Waals surface area contributed by atoms with E-state index in [1.807, 2.05) is 18.2 Å². The van der Waals surface area contributed by atoms with Gasteiger partial charge in [-0.25, -0.2) is 0 Å². The number of nitrogens with one attached hydrogen (secondary N) is 1. The summed E-state index contributed by atoms with van der Waals surface area (Å²) in [5.41, 5.74) is 1.20. The molecular formula is C15H13NO2. The van der Waals surface area contributed by atoms with Crippen LogP contribution in [-0.2, 0) is 0 Å². The highest BCUT2D eigenvalue weighted by Gasteiger charge is 1.99. The molecule has 0 spiro atoms. The number of phenolic OH excluding ortho intramolecular Hbond substituents is 1. The molecule has 0 amide bonds. The molecule has 2 rings (SSSR count). The predicted octanol–water partition coefficient (Wildman–Crippen LogP) is 3.20. The molecule has 0 aromatic heterocycles. The first-order valence-electron chi connectivity index (χ1n) is 5.58. The van der Waals surface area contributed by atoms with Crippen molar-refractivity contribution in [2.75, 3.05) is 5.32 Å². The Morgan fingerprint density at radius 2 is 1.67 bits per heavy atom. The zero-order valence-electron chi connectivity index (χ0n) is 9.71. The third kappa shape index (κ3) is 2.98. The molecule has 3 nitrogen and oxygen atoms in total. The van der Waals surface area contributed by atoms with Crippen molar-refractivity contribution in [2.45, 2.75) is 0 Å². The maximum absolute atomic E-state index is 11.7. The van der Waals surface area contributed by atoms with Gasteiger partial charge in [0.05, 0.1) is 5.69 Å². The standard InChI is InChI=1S/C15H13NO2/c17-14(12-6-2-1-3-7-12)10-11-16-13-8-4-5-9-15(13)18/h1-11,16,18H. The third-order valence-electron chi connectivity index (χ3n) is 2.44. The number of anilines is 1. The van der Waals surface area contributed by atoms with Crippen molar-refractivity contribution in [1.82, 2.24) is 0 Å². The second kappa shape index (κ2) is 5.68. The van der Waals surface area contributed by atoms with Crippen LogP contribution in [0.15, 0.2) is 66.9 Å². The van der Waals surface area contributed by atoms with Gasteiger partial charge in [-0.1, -0.05) is 42.5 Å². The number of carbonyl (C=O) groups is 1. The first-order chi connectivity index (χ1) is 8.77. The molecule has 2 N–H and O–H groups in total. The summed E-state index contributed by atoms with van der Waals surface area (Å²) in [6.07, 6.45) is 2.95. The molecule has 0 fully saturated rings. The van der Waals surface area contributed by atoms with Crippen LogP contribution in [0.3, 0.4) is 0 Å². The van der Waals surface area contributed by atoms with E-state index in [1.54, 1.807) is 36.4 Å². The average Bonchev–Trinajstić information content (AvgIpc) is 2.42. The van der Waals surface area contributed by atoms with Crippen molar-refractivity contribution in [3.63, 3.8) is 0 Å². The smallest absolute Gasteiger partial charge is 0.187 e. The largest absolute Gasteiger partial charge is 0.506 e. The van der Waals surface area contributed by atoms with Crippen LogP contribution in [-0.4, -0.2) is 10.9 Å². The molecule has 0 aliphatic carbocycles. The van der Waals surface area contributed by atoms with E-state index in [1.165, 1.54) is 12.3 Å². The van der Waals surface area contributed by atoms with Gasteiger partial charge in [0.2, 0.25) is 0 Å². The normalized spacial score (nSPS) is 10.4. The van der Waals surface area contributed by atoms with Crippen molar-refractivity contribution in [3.8, 4) is 5.75 Å². The van der Waals surface area contributed by atoms with E-state index < -0.39 is 0 Å². The lowest BCUT2D eigenvalue weighted by atomic mass is 10.1. The fraction of sp³-hybridized carbons (Fsp3) is 0. The van der Waals surface area contributed by atoms with Crippen LogP contribution in [0.1, 0.15) is 10.4 Å². The summed E-state index contributed by atoms with van der Waals surface area (Å²) in [7, 11) is 0. The number of para-hydroxylation sites is 2. The molecule has 0 aliphatic rings. The summed E-state index contributed by atoms with van der Waals surface area (Å²) in [5, 5.41) is 12.4. The van der Waals surface area contributed by atoms with Gasteiger partial charge in [0.25, 0.3) is 0 Å². The molecule has 2 aromatic rings. The molecule has 0 radical (unpaired) electrons. The van der Waals surface area contributed by atoms with Crippen LogP contribution >= 0.6 is 0 Å². The third-order valence-corrected chi connectivity index (χ3v) is 2.44. The van der Waals surface area contributed by atoms with Crippen LogP contribution in [0.2, 0.25) is 0 Å². The Kier molecular flexibility index (Phi) is 3.76. The van der Waals surface area contributed by atoms with Crippen LogP contribution in [0.25, 0.3) is 0 Å². The fourth-order valence-electron chi connectivity index (χ4n) is 1.50. The summed E-state index contributed by atoms with van der Waals surface area (Å²) < 4.78 is 0. The first-order valence-corrected chi connectivity index (χ1v) is 5.58. The predicted molar refractivity (Wildman–Crippen MR) is 71.6 cm³/mol. The zero-order chi connectivity index (χ0) is 12.8. The molecule has 0 atom stereocenters. The molecule has 0 saturated heterocycles. The number of aromatic hydroxyl groups is 1. The van der Waals surface area contributed by atoms with Gasteiger partial charge >= 0.3 is 0 Å². The first kappa shape index (κ1) is 11.9. The molecule has 90 valence electrons. The second-order valence-corrected chi connectivity index (χ2v) is 3.73. The molecule has 2 aromatic carbocycles. The Labute approximate surface area is 105 Å². The SMILES string of the molecule is O=C(C=CNc1ccccc1O)c1ccccc1. The maximum atomic E-state index is 11.7. The number of benzene rings is 2. The van der Waals surface area contributed by atoms with E-state index in [-0.39, 0.29) is 11.5 Å². The lowest BCUT2D eigenvalue weighted by Gasteiger charge is -2.02. The highest BCUT2D eigenvalue weighted by molar-refractivity contribution is 6.04. The van der Waals surface area contributed by atoms with Crippen molar-refractivity contribution in [1.29, 1.82) is 0 Å². The zero-order valence-corrected chi connectivity index (χ0v) is 9.71. The Morgan fingerprint density at radius 3 is 2.39 bits per heavy atom. The van der Waals surface area contributed by atoms with E-state index in [2.05, 4.69) is 5.32 Å². The van der Waals surface area contributed by atoms with Gasteiger partial charge in [-0.15, -0.1) is 0 Å². The molecule has 18 heavy (non-hydrogen) atoms. The van der Waals surface area contributed by atoms with Crippen molar-refractivity contribution in [2.24, 2.45) is 0 Å². The summed E-state index contributed by atoms with van der Waals surface area (Å²) in [4.78, 5) is 11.7. The Bertz CT molecular complexity index is 562. The van der Waals surface area contributed by atoms with Gasteiger partial charge in [-0.3, -0.25) is 4.79 Å². The van der Waals surface area contributed by atoms with Gasteiger partial charge in [0, 0.05) is 17.8 Å². The minimum Gasteiger partial charge on any atom is -0.506 e. The van der Waals surface area contributed by atoms with Crippen molar-refractivity contribution in [3.05, 3.63) is 72.4 Å². The number of allylic oxidation sites excluding steroid dienone is 1. The number of ketones is 1. The number of rotatable bonds is 4. The minimum atomic E-state index is -0.0847. The average molecular weight is 239 g/mol. The highest BCUT2D eigenvalue weighted by atomic mass is 16.3. The maximum Gasteiger partial charge on any atom is 0.187 e. The van der Waals surface area contributed by atoms with Crippen molar-refractivity contribution < 1.29 is 9.90 Å². The minimum absolute atomic E-state index is 0.0847. The fourth-order valence-corrected chi connectivity index (χ4v) is 1.50. The quantitative estimate of drug-likeness (QED) is 0.489. The Balaban J connectivity index is 2.01. The molecule has 0 aliphatic heterocycles. The van der Waals surface area contributed by atoms with Gasteiger partial charge in [-0.2, -0.15) is 0 Å². The lowest BCUT2D eigenvalue weighted by molar-refractivity contribution is 0.104. The van der Waals surface area contributed by atoms with Crippen LogP contribution < -0.4 is 5.32 Å². The molecule has 0 heterocycles. The number of carbonyl (C=O) groups excluding carboxylic acids is 1. The van der Waals surface area contributed by atoms with Crippen LogP contribution in [0.5, 0.6) is 5.75 Å². The van der Waals surface area contributed by atoms with Gasteiger partial charge in [0.1, 0.15) is 5.75 Å². The van der Waals surface area contributed by atoms with Crippen molar-refractivity contribution >= 4 is 11.5 Å². The molecule has 0 saturated carbocycles. The van der Waals surface area contributed by atoms with Crippen LogP contribution in [0.4, 0.5) is 5.69 Å². The van der Waals surface area contributed by atoms with Gasteiger partial charge in [-0.05, 0) is 12.1 Å². The summed E-state index contributed by atoms with van der Waals surface area (Å²) in [6.45, 7) is 0.